The van der Waals surface area contributed by atoms with E-state index in [4.69, 9.17) is 4.98 Å². The van der Waals surface area contributed by atoms with Gasteiger partial charge in [0, 0.05) is 24.2 Å². The summed E-state index contributed by atoms with van der Waals surface area (Å²) in [5, 5.41) is 9.51. The van der Waals surface area contributed by atoms with E-state index in [2.05, 4.69) is 32.6 Å². The summed E-state index contributed by atoms with van der Waals surface area (Å²) < 4.78 is 0. The highest BCUT2D eigenvalue weighted by Gasteiger charge is 2.25. The molecule has 1 aliphatic carbocycles. The summed E-state index contributed by atoms with van der Waals surface area (Å²) in [6, 6.07) is 4.08. The number of aliphatic hydroxyl groups excluding tert-OH is 1. The molecule has 1 aromatic heterocycles. The second-order valence-corrected chi connectivity index (χ2v) is 7.02. The lowest BCUT2D eigenvalue weighted by Gasteiger charge is -2.27. The van der Waals surface area contributed by atoms with E-state index < -0.39 is 0 Å². The van der Waals surface area contributed by atoms with E-state index in [0.717, 1.165) is 42.5 Å². The van der Waals surface area contributed by atoms with Crippen LogP contribution in [0.3, 0.4) is 0 Å². The molecule has 1 saturated carbocycles. The predicted octanol–water partition coefficient (Wildman–Crippen LogP) is 3.50. The number of pyridine rings is 1. The summed E-state index contributed by atoms with van der Waals surface area (Å²) >= 11 is 0. The van der Waals surface area contributed by atoms with Gasteiger partial charge in [-0.3, -0.25) is 0 Å². The van der Waals surface area contributed by atoms with Crippen molar-refractivity contribution < 1.29 is 5.11 Å². The second kappa shape index (κ2) is 6.13. The Morgan fingerprint density at radius 1 is 1.30 bits per heavy atom. The van der Waals surface area contributed by atoms with Gasteiger partial charge in [0.1, 0.15) is 5.82 Å². The van der Waals surface area contributed by atoms with Crippen LogP contribution < -0.4 is 4.90 Å². The molecule has 1 aromatic rings. The summed E-state index contributed by atoms with van der Waals surface area (Å²) in [6.07, 6.45) is 3.83. The topological polar surface area (TPSA) is 36.4 Å². The maximum absolute atomic E-state index is 9.51. The summed E-state index contributed by atoms with van der Waals surface area (Å²) in [7, 11) is 0. The van der Waals surface area contributed by atoms with Crippen molar-refractivity contribution in [1.29, 1.82) is 0 Å². The number of anilines is 1. The van der Waals surface area contributed by atoms with E-state index in [1.807, 2.05) is 12.1 Å². The standard InChI is InChI=1S/C17H28N2O/c1-5-8-19(11-13-6-7-13)16-10-14(12-20)9-15(18-16)17(2,3)4/h9-10,13,20H,5-8,11-12H2,1-4H3. The molecule has 0 aromatic carbocycles. The lowest BCUT2D eigenvalue weighted by atomic mass is 9.91. The smallest absolute Gasteiger partial charge is 0.129 e. The van der Waals surface area contributed by atoms with E-state index in [1.54, 1.807) is 0 Å². The monoisotopic (exact) mass is 276 g/mol. The molecular weight excluding hydrogens is 248 g/mol. The molecule has 1 heterocycles. The fraction of sp³-hybridized carbons (Fsp3) is 0.706. The largest absolute Gasteiger partial charge is 0.392 e. The van der Waals surface area contributed by atoms with Crippen molar-refractivity contribution in [3.05, 3.63) is 23.4 Å². The van der Waals surface area contributed by atoms with E-state index in [0.29, 0.717) is 0 Å². The minimum Gasteiger partial charge on any atom is -0.392 e. The second-order valence-electron chi connectivity index (χ2n) is 7.02. The molecule has 3 nitrogen and oxygen atoms in total. The van der Waals surface area contributed by atoms with Crippen LogP contribution in [-0.4, -0.2) is 23.2 Å². The van der Waals surface area contributed by atoms with Gasteiger partial charge >= 0.3 is 0 Å². The van der Waals surface area contributed by atoms with E-state index >= 15 is 0 Å². The molecule has 0 bridgehead atoms. The fourth-order valence-corrected chi connectivity index (χ4v) is 2.39. The van der Waals surface area contributed by atoms with E-state index in [-0.39, 0.29) is 12.0 Å². The van der Waals surface area contributed by atoms with Crippen LogP contribution in [0.5, 0.6) is 0 Å². The minimum atomic E-state index is 0.0113. The van der Waals surface area contributed by atoms with Crippen molar-refractivity contribution in [2.45, 2.75) is 59.0 Å². The first-order valence-corrected chi connectivity index (χ1v) is 7.81. The molecule has 3 heteroatoms. The van der Waals surface area contributed by atoms with Gasteiger partial charge in [0.05, 0.1) is 6.61 Å². The number of hydrogen-bond donors (Lipinski definition) is 1. The van der Waals surface area contributed by atoms with Crippen LogP contribution in [0.25, 0.3) is 0 Å². The molecule has 0 saturated heterocycles. The third-order valence-corrected chi connectivity index (χ3v) is 3.82. The summed E-state index contributed by atoms with van der Waals surface area (Å²) in [5.74, 6) is 1.88. The zero-order chi connectivity index (χ0) is 14.8. The average Bonchev–Trinajstić information content (AvgIpc) is 3.20. The first-order chi connectivity index (χ1) is 9.44. The Hall–Kier alpha value is -1.09. The van der Waals surface area contributed by atoms with Crippen molar-refractivity contribution in [3.63, 3.8) is 0 Å². The summed E-state index contributed by atoms with van der Waals surface area (Å²) in [6.45, 7) is 11.0. The average molecular weight is 276 g/mol. The SMILES string of the molecule is CCCN(CC1CC1)c1cc(CO)cc(C(C)(C)C)n1. The van der Waals surface area contributed by atoms with Crippen molar-refractivity contribution in [1.82, 2.24) is 4.98 Å². The van der Waals surface area contributed by atoms with Gasteiger partial charge in [0.25, 0.3) is 0 Å². The van der Waals surface area contributed by atoms with Gasteiger partial charge in [-0.25, -0.2) is 4.98 Å². The molecule has 1 aliphatic rings. The van der Waals surface area contributed by atoms with Gasteiger partial charge in [-0.2, -0.15) is 0 Å². The zero-order valence-corrected chi connectivity index (χ0v) is 13.3. The van der Waals surface area contributed by atoms with Gasteiger partial charge < -0.3 is 10.0 Å². The Morgan fingerprint density at radius 3 is 2.50 bits per heavy atom. The molecule has 0 atom stereocenters. The molecule has 0 radical (unpaired) electrons. The molecule has 112 valence electrons. The van der Waals surface area contributed by atoms with Crippen LogP contribution in [0, 0.1) is 5.92 Å². The molecule has 2 rings (SSSR count). The van der Waals surface area contributed by atoms with Crippen molar-refractivity contribution in [2.75, 3.05) is 18.0 Å². The van der Waals surface area contributed by atoms with E-state index in [9.17, 15) is 5.11 Å². The molecule has 1 N–H and O–H groups in total. The molecule has 0 aliphatic heterocycles. The molecule has 1 fully saturated rings. The normalized spacial score (nSPS) is 15.4. The Labute approximate surface area is 123 Å². The van der Waals surface area contributed by atoms with Gasteiger partial charge in [0.15, 0.2) is 0 Å². The number of rotatable bonds is 6. The highest BCUT2D eigenvalue weighted by atomic mass is 16.3. The van der Waals surface area contributed by atoms with Gasteiger partial charge in [0.2, 0.25) is 0 Å². The fourth-order valence-electron chi connectivity index (χ4n) is 2.39. The molecule has 20 heavy (non-hydrogen) atoms. The van der Waals surface area contributed by atoms with Gasteiger partial charge in [-0.05, 0) is 42.9 Å². The van der Waals surface area contributed by atoms with Crippen LogP contribution in [0.4, 0.5) is 5.82 Å². The lowest BCUT2D eigenvalue weighted by Crippen LogP contribution is -2.28. The van der Waals surface area contributed by atoms with Crippen LogP contribution in [-0.2, 0) is 12.0 Å². The highest BCUT2D eigenvalue weighted by Crippen LogP contribution is 2.32. The molecule has 0 unspecified atom stereocenters. The van der Waals surface area contributed by atoms with Gasteiger partial charge in [-0.1, -0.05) is 27.7 Å². The maximum atomic E-state index is 9.51. The van der Waals surface area contributed by atoms with E-state index in [1.165, 1.54) is 12.8 Å². The predicted molar refractivity (Wildman–Crippen MR) is 84.1 cm³/mol. The summed E-state index contributed by atoms with van der Waals surface area (Å²) in [5.41, 5.74) is 2.05. The van der Waals surface area contributed by atoms with Gasteiger partial charge in [-0.15, -0.1) is 0 Å². The number of hydrogen-bond acceptors (Lipinski definition) is 3. The van der Waals surface area contributed by atoms with Crippen LogP contribution in [0.2, 0.25) is 0 Å². The summed E-state index contributed by atoms with van der Waals surface area (Å²) in [4.78, 5) is 7.26. The Balaban J connectivity index is 2.31. The zero-order valence-electron chi connectivity index (χ0n) is 13.3. The molecular formula is C17H28N2O. The first-order valence-electron chi connectivity index (χ1n) is 7.81. The third kappa shape index (κ3) is 3.95. The number of nitrogens with zero attached hydrogens (tertiary/aromatic N) is 2. The third-order valence-electron chi connectivity index (χ3n) is 3.82. The lowest BCUT2D eigenvalue weighted by molar-refractivity contribution is 0.281. The first kappa shape index (κ1) is 15.3. The Kier molecular flexibility index (Phi) is 4.69. The Bertz CT molecular complexity index is 447. The van der Waals surface area contributed by atoms with Crippen LogP contribution in [0.15, 0.2) is 12.1 Å². The Morgan fingerprint density at radius 2 is 2.00 bits per heavy atom. The minimum absolute atomic E-state index is 0.0113. The molecule has 0 spiro atoms. The maximum Gasteiger partial charge on any atom is 0.129 e. The quantitative estimate of drug-likeness (QED) is 0.864. The van der Waals surface area contributed by atoms with Crippen LogP contribution >= 0.6 is 0 Å². The highest BCUT2D eigenvalue weighted by molar-refractivity contribution is 5.44. The molecule has 0 amide bonds. The van der Waals surface area contributed by atoms with Crippen molar-refractivity contribution in [3.8, 4) is 0 Å². The number of aromatic nitrogens is 1. The number of aliphatic hydroxyl groups is 1. The van der Waals surface area contributed by atoms with Crippen LogP contribution in [0.1, 0.15) is 58.2 Å². The van der Waals surface area contributed by atoms with Crippen molar-refractivity contribution in [2.24, 2.45) is 5.92 Å². The van der Waals surface area contributed by atoms with Crippen molar-refractivity contribution >= 4 is 5.82 Å².